The Morgan fingerprint density at radius 3 is 2.73 bits per heavy atom. The third-order valence-corrected chi connectivity index (χ3v) is 3.66. The molecule has 0 aromatic heterocycles. The van der Waals surface area contributed by atoms with Crippen molar-refractivity contribution in [3.8, 4) is 0 Å². The van der Waals surface area contributed by atoms with E-state index in [1.54, 1.807) is 0 Å². The van der Waals surface area contributed by atoms with E-state index >= 15 is 0 Å². The van der Waals surface area contributed by atoms with Crippen molar-refractivity contribution >= 4 is 11.8 Å². The van der Waals surface area contributed by atoms with Crippen LogP contribution in [0.4, 0.5) is 0 Å². The molecule has 0 bridgehead atoms. The maximum Gasteiger partial charge on any atom is 0.00191 e. The first-order valence-corrected chi connectivity index (χ1v) is 7.64. The normalized spacial score (nSPS) is 19.6. The Labute approximate surface area is 99.2 Å². The molecular weight excluding hydrogens is 204 g/mol. The fraction of sp³-hybridized carbons (Fsp3) is 1.00. The molecule has 1 fully saturated rings. The fourth-order valence-corrected chi connectivity index (χ4v) is 2.59. The number of nitrogens with one attached hydrogen (secondary N) is 1. The average Bonchev–Trinajstić information content (AvgIpc) is 2.70. The summed E-state index contributed by atoms with van der Waals surface area (Å²) in [5.41, 5.74) is 0. The van der Waals surface area contributed by atoms with E-state index in [0.717, 1.165) is 5.92 Å². The van der Waals surface area contributed by atoms with E-state index in [9.17, 15) is 0 Å². The van der Waals surface area contributed by atoms with Crippen LogP contribution >= 0.6 is 11.8 Å². The monoisotopic (exact) mass is 230 g/mol. The van der Waals surface area contributed by atoms with Crippen molar-refractivity contribution in [1.82, 2.24) is 10.2 Å². The molecule has 1 atom stereocenters. The van der Waals surface area contributed by atoms with Crippen LogP contribution in [0.15, 0.2) is 0 Å². The number of hydrogen-bond donors (Lipinski definition) is 1. The molecule has 0 saturated carbocycles. The van der Waals surface area contributed by atoms with Crippen molar-refractivity contribution in [3.63, 3.8) is 0 Å². The van der Waals surface area contributed by atoms with Gasteiger partial charge in [0.05, 0.1) is 0 Å². The maximum absolute atomic E-state index is 3.55. The molecule has 1 saturated heterocycles. The number of rotatable bonds is 8. The number of likely N-dealkylation sites (tertiary alicyclic amines) is 1. The Morgan fingerprint density at radius 1 is 1.33 bits per heavy atom. The SMILES string of the molecule is CSCCCNCC(C)CN1CCCC1. The summed E-state index contributed by atoms with van der Waals surface area (Å²) in [7, 11) is 0. The molecule has 0 spiro atoms. The Bertz CT molecular complexity index is 147. The molecule has 0 amide bonds. The highest BCUT2D eigenvalue weighted by Gasteiger charge is 2.13. The molecular formula is C12H26N2S. The summed E-state index contributed by atoms with van der Waals surface area (Å²) >= 11 is 1.94. The van der Waals surface area contributed by atoms with E-state index in [4.69, 9.17) is 0 Å². The Morgan fingerprint density at radius 2 is 2.07 bits per heavy atom. The van der Waals surface area contributed by atoms with Crippen LogP contribution in [-0.4, -0.2) is 49.6 Å². The standard InChI is InChI=1S/C12H26N2S/c1-12(10-13-6-5-9-15-2)11-14-7-3-4-8-14/h12-13H,3-11H2,1-2H3. The molecule has 1 N–H and O–H groups in total. The summed E-state index contributed by atoms with van der Waals surface area (Å²) in [6.07, 6.45) is 6.30. The Kier molecular flexibility index (Phi) is 7.49. The summed E-state index contributed by atoms with van der Waals surface area (Å²) in [6, 6.07) is 0. The van der Waals surface area contributed by atoms with Gasteiger partial charge in [0.25, 0.3) is 0 Å². The van der Waals surface area contributed by atoms with Gasteiger partial charge in [0.2, 0.25) is 0 Å². The predicted octanol–water partition coefficient (Wildman–Crippen LogP) is 2.06. The van der Waals surface area contributed by atoms with Crippen molar-refractivity contribution in [1.29, 1.82) is 0 Å². The molecule has 15 heavy (non-hydrogen) atoms. The maximum atomic E-state index is 3.55. The van der Waals surface area contributed by atoms with Crippen LogP contribution < -0.4 is 5.32 Å². The summed E-state index contributed by atoms with van der Waals surface area (Å²) in [6.45, 7) is 8.68. The first-order chi connectivity index (χ1) is 7.33. The van der Waals surface area contributed by atoms with Crippen LogP contribution in [0.1, 0.15) is 26.2 Å². The Hall–Kier alpha value is 0.270. The summed E-state index contributed by atoms with van der Waals surface area (Å²) < 4.78 is 0. The van der Waals surface area contributed by atoms with Crippen molar-refractivity contribution in [2.75, 3.05) is 44.7 Å². The molecule has 2 nitrogen and oxygen atoms in total. The van der Waals surface area contributed by atoms with Gasteiger partial charge in [-0.3, -0.25) is 0 Å². The molecule has 1 unspecified atom stereocenters. The van der Waals surface area contributed by atoms with E-state index in [2.05, 4.69) is 23.4 Å². The molecule has 90 valence electrons. The van der Waals surface area contributed by atoms with Gasteiger partial charge in [0, 0.05) is 6.54 Å². The molecule has 1 heterocycles. The van der Waals surface area contributed by atoms with Crippen molar-refractivity contribution in [3.05, 3.63) is 0 Å². The van der Waals surface area contributed by atoms with E-state index in [1.165, 1.54) is 57.7 Å². The smallest absolute Gasteiger partial charge is 0.00191 e. The van der Waals surface area contributed by atoms with Gasteiger partial charge < -0.3 is 10.2 Å². The number of hydrogen-bond acceptors (Lipinski definition) is 3. The van der Waals surface area contributed by atoms with Crippen molar-refractivity contribution < 1.29 is 0 Å². The van der Waals surface area contributed by atoms with E-state index < -0.39 is 0 Å². The van der Waals surface area contributed by atoms with Gasteiger partial charge in [-0.15, -0.1) is 0 Å². The van der Waals surface area contributed by atoms with Gasteiger partial charge in [0.15, 0.2) is 0 Å². The zero-order chi connectivity index (χ0) is 10.9. The lowest BCUT2D eigenvalue weighted by molar-refractivity contribution is 0.283. The van der Waals surface area contributed by atoms with Crippen molar-refractivity contribution in [2.45, 2.75) is 26.2 Å². The van der Waals surface area contributed by atoms with E-state index in [0.29, 0.717) is 0 Å². The second-order valence-electron chi connectivity index (χ2n) is 4.66. The molecule has 3 heteroatoms. The third kappa shape index (κ3) is 6.44. The quantitative estimate of drug-likeness (QED) is 0.643. The molecule has 1 aliphatic rings. The highest BCUT2D eigenvalue weighted by atomic mass is 32.2. The van der Waals surface area contributed by atoms with Crippen LogP contribution in [0.25, 0.3) is 0 Å². The highest BCUT2D eigenvalue weighted by molar-refractivity contribution is 7.98. The van der Waals surface area contributed by atoms with Gasteiger partial charge >= 0.3 is 0 Å². The first-order valence-electron chi connectivity index (χ1n) is 6.25. The van der Waals surface area contributed by atoms with E-state index in [-0.39, 0.29) is 0 Å². The van der Waals surface area contributed by atoms with E-state index in [1.807, 2.05) is 11.8 Å². The summed E-state index contributed by atoms with van der Waals surface area (Å²) in [5, 5.41) is 3.55. The Balaban J connectivity index is 1.91. The lowest BCUT2D eigenvalue weighted by Crippen LogP contribution is -2.32. The lowest BCUT2D eigenvalue weighted by atomic mass is 10.1. The topological polar surface area (TPSA) is 15.3 Å². The van der Waals surface area contributed by atoms with Crippen LogP contribution in [0.2, 0.25) is 0 Å². The largest absolute Gasteiger partial charge is 0.316 e. The zero-order valence-electron chi connectivity index (χ0n) is 10.3. The van der Waals surface area contributed by atoms with Gasteiger partial charge in [-0.05, 0) is 63.4 Å². The predicted molar refractivity (Wildman–Crippen MR) is 70.7 cm³/mol. The second-order valence-corrected chi connectivity index (χ2v) is 5.65. The molecule has 0 aromatic carbocycles. The van der Waals surface area contributed by atoms with Crippen LogP contribution in [0.3, 0.4) is 0 Å². The summed E-state index contributed by atoms with van der Waals surface area (Å²) in [5.74, 6) is 2.09. The van der Waals surface area contributed by atoms with Crippen molar-refractivity contribution in [2.24, 2.45) is 5.92 Å². The minimum absolute atomic E-state index is 0.803. The van der Waals surface area contributed by atoms with Gasteiger partial charge in [0.1, 0.15) is 0 Å². The molecule has 1 aliphatic heterocycles. The molecule has 0 aromatic rings. The van der Waals surface area contributed by atoms with Crippen LogP contribution in [0.5, 0.6) is 0 Å². The number of thioether (sulfide) groups is 1. The zero-order valence-corrected chi connectivity index (χ0v) is 11.1. The lowest BCUT2D eigenvalue weighted by Gasteiger charge is -2.20. The minimum atomic E-state index is 0.803. The van der Waals surface area contributed by atoms with Crippen LogP contribution in [-0.2, 0) is 0 Å². The first kappa shape index (κ1) is 13.3. The van der Waals surface area contributed by atoms with Gasteiger partial charge in [-0.1, -0.05) is 6.92 Å². The van der Waals surface area contributed by atoms with Crippen LogP contribution in [0, 0.1) is 5.92 Å². The third-order valence-electron chi connectivity index (χ3n) is 2.96. The molecule has 1 rings (SSSR count). The number of nitrogens with zero attached hydrogens (tertiary/aromatic N) is 1. The summed E-state index contributed by atoms with van der Waals surface area (Å²) in [4.78, 5) is 2.61. The fourth-order valence-electron chi connectivity index (χ4n) is 2.16. The highest BCUT2D eigenvalue weighted by Crippen LogP contribution is 2.09. The van der Waals surface area contributed by atoms with Gasteiger partial charge in [-0.25, -0.2) is 0 Å². The van der Waals surface area contributed by atoms with Gasteiger partial charge in [-0.2, -0.15) is 11.8 Å². The molecule has 0 aliphatic carbocycles. The average molecular weight is 230 g/mol. The molecule has 0 radical (unpaired) electrons. The minimum Gasteiger partial charge on any atom is -0.316 e. The second kappa shape index (κ2) is 8.43.